The number of aromatic nitrogens is 1. The molecule has 0 aliphatic rings. The topological polar surface area (TPSA) is 85.1 Å². The lowest BCUT2D eigenvalue weighted by Crippen LogP contribution is -2.11. The Balaban J connectivity index is 1.74. The number of amides is 1. The van der Waals surface area contributed by atoms with Gasteiger partial charge in [0.25, 0.3) is 11.6 Å². The fraction of sp³-hybridized carbons (Fsp3) is 0. The van der Waals surface area contributed by atoms with Gasteiger partial charge in [0.1, 0.15) is 0 Å². The zero-order valence-electron chi connectivity index (χ0n) is 12.1. The largest absolute Gasteiger partial charge is 0.298 e. The average Bonchev–Trinajstić information content (AvgIpc) is 3.04. The fourth-order valence-electron chi connectivity index (χ4n) is 1.99. The lowest BCUT2D eigenvalue weighted by Gasteiger charge is -2.01. The number of carbonyl (C=O) groups excluding carboxylic acids is 1. The van der Waals surface area contributed by atoms with Crippen molar-refractivity contribution in [1.29, 1.82) is 0 Å². The van der Waals surface area contributed by atoms with E-state index in [1.54, 1.807) is 41.8 Å². The van der Waals surface area contributed by atoms with E-state index in [4.69, 9.17) is 11.6 Å². The van der Waals surface area contributed by atoms with E-state index in [-0.39, 0.29) is 11.6 Å². The number of hydrogen-bond donors (Lipinski definition) is 1. The highest BCUT2D eigenvalue weighted by atomic mass is 35.5. The Morgan fingerprint density at radius 3 is 2.42 bits per heavy atom. The molecule has 0 fully saturated rings. The minimum atomic E-state index is -0.456. The molecule has 120 valence electrons. The normalized spacial score (nSPS) is 10.4. The Morgan fingerprint density at radius 2 is 1.79 bits per heavy atom. The quantitative estimate of drug-likeness (QED) is 0.543. The van der Waals surface area contributed by atoms with Crippen LogP contribution in [0.4, 0.5) is 10.8 Å². The summed E-state index contributed by atoms with van der Waals surface area (Å²) in [5, 5.41) is 16.2. The smallest absolute Gasteiger partial charge is 0.269 e. The third-order valence-corrected chi connectivity index (χ3v) is 4.21. The minimum absolute atomic E-state index is 0.0187. The van der Waals surface area contributed by atoms with Crippen LogP contribution in [0.1, 0.15) is 10.4 Å². The molecule has 0 bridgehead atoms. The second-order valence-corrected chi connectivity index (χ2v) is 6.10. The summed E-state index contributed by atoms with van der Waals surface area (Å²) in [5.74, 6) is -0.281. The molecule has 8 heteroatoms. The van der Waals surface area contributed by atoms with Gasteiger partial charge in [-0.25, -0.2) is 4.98 Å². The van der Waals surface area contributed by atoms with E-state index in [1.165, 1.54) is 23.5 Å². The molecule has 1 heterocycles. The van der Waals surface area contributed by atoms with Crippen LogP contribution < -0.4 is 5.32 Å². The van der Waals surface area contributed by atoms with Gasteiger partial charge in [-0.1, -0.05) is 11.6 Å². The molecule has 3 rings (SSSR count). The Hall–Kier alpha value is -2.77. The van der Waals surface area contributed by atoms with Gasteiger partial charge in [0.05, 0.1) is 10.6 Å². The van der Waals surface area contributed by atoms with Crippen LogP contribution in [0.25, 0.3) is 11.3 Å². The van der Waals surface area contributed by atoms with Crippen molar-refractivity contribution in [3.05, 3.63) is 74.6 Å². The van der Waals surface area contributed by atoms with E-state index in [2.05, 4.69) is 10.3 Å². The minimum Gasteiger partial charge on any atom is -0.298 e. The predicted octanol–water partition coefficient (Wildman–Crippen LogP) is 4.62. The van der Waals surface area contributed by atoms with Crippen LogP contribution in [0.3, 0.4) is 0 Å². The summed E-state index contributed by atoms with van der Waals surface area (Å²) < 4.78 is 0. The summed E-state index contributed by atoms with van der Waals surface area (Å²) in [7, 11) is 0. The summed E-state index contributed by atoms with van der Waals surface area (Å²) >= 11 is 7.07. The third-order valence-electron chi connectivity index (χ3n) is 3.20. The fourth-order valence-corrected chi connectivity index (χ4v) is 2.83. The number of benzene rings is 2. The Bertz CT molecular complexity index is 892. The van der Waals surface area contributed by atoms with Gasteiger partial charge in [-0.05, 0) is 36.4 Å². The highest BCUT2D eigenvalue weighted by Crippen LogP contribution is 2.26. The SMILES string of the molecule is O=C(Nc1nc(-c2ccc([N+](=O)[O-])cc2)cs1)c1ccc(Cl)cc1. The molecule has 0 spiro atoms. The van der Waals surface area contributed by atoms with Gasteiger partial charge in [-0.2, -0.15) is 0 Å². The lowest BCUT2D eigenvalue weighted by atomic mass is 10.1. The highest BCUT2D eigenvalue weighted by molar-refractivity contribution is 7.14. The molecule has 24 heavy (non-hydrogen) atoms. The van der Waals surface area contributed by atoms with E-state index in [9.17, 15) is 14.9 Å². The van der Waals surface area contributed by atoms with Gasteiger partial charge in [0, 0.05) is 33.7 Å². The van der Waals surface area contributed by atoms with Gasteiger partial charge in [-0.15, -0.1) is 11.3 Å². The lowest BCUT2D eigenvalue weighted by molar-refractivity contribution is -0.384. The molecular weight excluding hydrogens is 350 g/mol. The number of thiazole rings is 1. The molecule has 1 aromatic heterocycles. The molecule has 2 aromatic carbocycles. The van der Waals surface area contributed by atoms with Crippen LogP contribution in [0.2, 0.25) is 5.02 Å². The van der Waals surface area contributed by atoms with Gasteiger partial charge < -0.3 is 0 Å². The van der Waals surface area contributed by atoms with Gasteiger partial charge in [0.15, 0.2) is 5.13 Å². The number of nitrogens with zero attached hydrogens (tertiary/aromatic N) is 2. The molecule has 1 N–H and O–H groups in total. The highest BCUT2D eigenvalue weighted by Gasteiger charge is 2.11. The Kier molecular flexibility index (Phi) is 4.54. The molecule has 0 aliphatic heterocycles. The molecule has 6 nitrogen and oxygen atoms in total. The maximum atomic E-state index is 12.1. The molecule has 0 saturated carbocycles. The van der Waals surface area contributed by atoms with Crippen LogP contribution in [-0.2, 0) is 0 Å². The second-order valence-electron chi connectivity index (χ2n) is 4.80. The number of carbonyl (C=O) groups is 1. The van der Waals surface area contributed by atoms with Crippen molar-refractivity contribution in [3.8, 4) is 11.3 Å². The average molecular weight is 360 g/mol. The number of non-ortho nitro benzene ring substituents is 1. The van der Waals surface area contributed by atoms with Crippen molar-refractivity contribution in [3.63, 3.8) is 0 Å². The van der Waals surface area contributed by atoms with Gasteiger partial charge >= 0.3 is 0 Å². The summed E-state index contributed by atoms with van der Waals surface area (Å²) in [6.45, 7) is 0. The number of rotatable bonds is 4. The number of nitro groups is 1. The van der Waals surface area contributed by atoms with E-state index in [1.807, 2.05) is 0 Å². The second kappa shape index (κ2) is 6.77. The van der Waals surface area contributed by atoms with Crippen molar-refractivity contribution >= 4 is 39.7 Å². The Labute approximate surface area is 145 Å². The zero-order chi connectivity index (χ0) is 17.1. The van der Waals surface area contributed by atoms with Crippen molar-refractivity contribution in [2.45, 2.75) is 0 Å². The van der Waals surface area contributed by atoms with Crippen molar-refractivity contribution in [1.82, 2.24) is 4.98 Å². The first-order valence-corrected chi connectivity index (χ1v) is 8.06. The first-order valence-electron chi connectivity index (χ1n) is 6.80. The maximum Gasteiger partial charge on any atom is 0.269 e. The molecule has 0 radical (unpaired) electrons. The van der Waals surface area contributed by atoms with Crippen LogP contribution in [0.15, 0.2) is 53.9 Å². The van der Waals surface area contributed by atoms with E-state index in [0.717, 1.165) is 5.56 Å². The summed E-state index contributed by atoms with van der Waals surface area (Å²) in [6, 6.07) is 12.6. The third kappa shape index (κ3) is 3.58. The summed E-state index contributed by atoms with van der Waals surface area (Å²) in [5.41, 5.74) is 1.88. The summed E-state index contributed by atoms with van der Waals surface area (Å²) in [6.07, 6.45) is 0. The first-order chi connectivity index (χ1) is 11.5. The molecular formula is C16H10ClN3O3S. The van der Waals surface area contributed by atoms with E-state index >= 15 is 0 Å². The number of halogens is 1. The van der Waals surface area contributed by atoms with Crippen molar-refractivity contribution in [2.24, 2.45) is 0 Å². The molecule has 0 unspecified atom stereocenters. The van der Waals surface area contributed by atoms with Crippen LogP contribution >= 0.6 is 22.9 Å². The van der Waals surface area contributed by atoms with E-state index in [0.29, 0.717) is 21.4 Å². The molecule has 1 amide bonds. The van der Waals surface area contributed by atoms with E-state index < -0.39 is 4.92 Å². The number of nitro benzene ring substituents is 1. The molecule has 3 aromatic rings. The molecule has 0 saturated heterocycles. The van der Waals surface area contributed by atoms with Crippen molar-refractivity contribution in [2.75, 3.05) is 5.32 Å². The van der Waals surface area contributed by atoms with Crippen LogP contribution in [-0.4, -0.2) is 15.8 Å². The first kappa shape index (κ1) is 16.1. The Morgan fingerprint density at radius 1 is 1.12 bits per heavy atom. The predicted molar refractivity (Wildman–Crippen MR) is 93.6 cm³/mol. The summed E-state index contributed by atoms with van der Waals surface area (Å²) in [4.78, 5) is 26.7. The van der Waals surface area contributed by atoms with Gasteiger partial charge in [-0.3, -0.25) is 20.2 Å². The number of anilines is 1. The van der Waals surface area contributed by atoms with Crippen LogP contribution in [0, 0.1) is 10.1 Å². The molecule has 0 aliphatic carbocycles. The van der Waals surface area contributed by atoms with Crippen LogP contribution in [0.5, 0.6) is 0 Å². The monoisotopic (exact) mass is 359 g/mol. The molecule has 0 atom stereocenters. The standard InChI is InChI=1S/C16H10ClN3O3S/c17-12-5-1-11(2-6-12)15(21)19-16-18-14(9-24-16)10-3-7-13(8-4-10)20(22)23/h1-9H,(H,18,19,21). The number of hydrogen-bond acceptors (Lipinski definition) is 5. The zero-order valence-corrected chi connectivity index (χ0v) is 13.7. The van der Waals surface area contributed by atoms with Crippen molar-refractivity contribution < 1.29 is 9.72 Å². The van der Waals surface area contributed by atoms with Gasteiger partial charge in [0.2, 0.25) is 0 Å². The maximum absolute atomic E-state index is 12.1. The number of nitrogens with one attached hydrogen (secondary N) is 1.